The summed E-state index contributed by atoms with van der Waals surface area (Å²) in [5, 5.41) is 3.83. The Hall–Kier alpha value is 0.0700. The molecule has 0 aromatic heterocycles. The third kappa shape index (κ3) is 2.34. The minimum Gasteiger partial charge on any atom is -0.310 e. The molecule has 2 bridgehead atoms. The van der Waals surface area contributed by atoms with Crippen molar-refractivity contribution < 1.29 is 4.21 Å². The molecule has 4 rings (SSSR count). The maximum atomic E-state index is 11.3. The number of nitrogens with one attached hydrogen (secondary N) is 1. The van der Waals surface area contributed by atoms with Crippen LogP contribution in [0.5, 0.6) is 0 Å². The highest BCUT2D eigenvalue weighted by atomic mass is 32.2. The Morgan fingerprint density at radius 2 is 1.75 bits per heavy atom. The van der Waals surface area contributed by atoms with Crippen molar-refractivity contribution >= 4 is 10.8 Å². The molecular formula is C12H22N2OS. The minimum absolute atomic E-state index is 0.520. The van der Waals surface area contributed by atoms with Gasteiger partial charge in [0.25, 0.3) is 0 Å². The molecule has 4 saturated heterocycles. The van der Waals surface area contributed by atoms with Gasteiger partial charge in [0.2, 0.25) is 0 Å². The van der Waals surface area contributed by atoms with Crippen LogP contribution in [0.3, 0.4) is 0 Å². The van der Waals surface area contributed by atoms with E-state index in [4.69, 9.17) is 0 Å². The standard InChI is InChI=1S/C12H22N2OS/c15-16-7-3-11(4-8-16)13-12-9-14-5-1-10(12)2-6-14/h10-13H,1-9H2. The van der Waals surface area contributed by atoms with Crippen LogP contribution in [0.1, 0.15) is 25.7 Å². The van der Waals surface area contributed by atoms with Crippen LogP contribution in [-0.2, 0) is 10.8 Å². The minimum atomic E-state index is -0.520. The van der Waals surface area contributed by atoms with Gasteiger partial charge in [0.1, 0.15) is 0 Å². The third-order valence-electron chi connectivity index (χ3n) is 4.49. The van der Waals surface area contributed by atoms with Crippen LogP contribution in [0.4, 0.5) is 0 Å². The maximum absolute atomic E-state index is 11.3. The molecule has 0 aromatic rings. The van der Waals surface area contributed by atoms with Gasteiger partial charge in [0, 0.05) is 40.9 Å². The molecular weight excluding hydrogens is 220 g/mol. The van der Waals surface area contributed by atoms with Crippen molar-refractivity contribution in [2.24, 2.45) is 5.92 Å². The third-order valence-corrected chi connectivity index (χ3v) is 5.88. The molecule has 1 atom stereocenters. The quantitative estimate of drug-likeness (QED) is 0.769. The lowest BCUT2D eigenvalue weighted by molar-refractivity contribution is 0.0663. The second-order valence-corrected chi connectivity index (χ2v) is 7.23. The summed E-state index contributed by atoms with van der Waals surface area (Å²) in [6.45, 7) is 3.89. The van der Waals surface area contributed by atoms with Gasteiger partial charge in [-0.1, -0.05) is 0 Å². The van der Waals surface area contributed by atoms with Gasteiger partial charge in [-0.05, 0) is 44.7 Å². The van der Waals surface area contributed by atoms with Crippen molar-refractivity contribution in [1.29, 1.82) is 0 Å². The topological polar surface area (TPSA) is 32.3 Å². The lowest BCUT2D eigenvalue weighted by Crippen LogP contribution is -2.58. The lowest BCUT2D eigenvalue weighted by atomic mass is 9.83. The highest BCUT2D eigenvalue weighted by molar-refractivity contribution is 7.85. The molecule has 16 heavy (non-hydrogen) atoms. The van der Waals surface area contributed by atoms with Crippen molar-refractivity contribution in [1.82, 2.24) is 10.2 Å². The van der Waals surface area contributed by atoms with Crippen molar-refractivity contribution in [3.05, 3.63) is 0 Å². The van der Waals surface area contributed by atoms with Gasteiger partial charge in [0.15, 0.2) is 0 Å². The average molecular weight is 242 g/mol. The second-order valence-electron chi connectivity index (χ2n) is 5.53. The summed E-state index contributed by atoms with van der Waals surface area (Å²) in [5.41, 5.74) is 0. The number of piperidine rings is 3. The van der Waals surface area contributed by atoms with Gasteiger partial charge < -0.3 is 10.2 Å². The lowest BCUT2D eigenvalue weighted by Gasteiger charge is -2.46. The number of hydrogen-bond donors (Lipinski definition) is 1. The zero-order valence-electron chi connectivity index (χ0n) is 9.86. The monoisotopic (exact) mass is 242 g/mol. The van der Waals surface area contributed by atoms with E-state index >= 15 is 0 Å². The molecule has 0 radical (unpaired) electrons. The molecule has 1 unspecified atom stereocenters. The summed E-state index contributed by atoms with van der Waals surface area (Å²) < 4.78 is 11.3. The molecule has 92 valence electrons. The van der Waals surface area contributed by atoms with Crippen LogP contribution in [0.15, 0.2) is 0 Å². The van der Waals surface area contributed by atoms with E-state index in [0.29, 0.717) is 6.04 Å². The zero-order valence-corrected chi connectivity index (χ0v) is 10.7. The van der Waals surface area contributed by atoms with Gasteiger partial charge in [-0.15, -0.1) is 0 Å². The highest BCUT2D eigenvalue weighted by Gasteiger charge is 2.35. The van der Waals surface area contributed by atoms with Gasteiger partial charge >= 0.3 is 0 Å². The number of nitrogens with zero attached hydrogens (tertiary/aromatic N) is 1. The fourth-order valence-electron chi connectivity index (χ4n) is 3.42. The summed E-state index contributed by atoms with van der Waals surface area (Å²) in [7, 11) is -0.520. The molecule has 0 spiro atoms. The molecule has 4 aliphatic rings. The molecule has 0 amide bonds. The molecule has 4 heterocycles. The zero-order chi connectivity index (χ0) is 11.0. The summed E-state index contributed by atoms with van der Waals surface area (Å²) in [5.74, 6) is 2.75. The first-order valence-electron chi connectivity index (χ1n) is 6.64. The van der Waals surface area contributed by atoms with Crippen molar-refractivity contribution in [2.75, 3.05) is 31.1 Å². The predicted octanol–water partition coefficient (Wildman–Crippen LogP) is 0.581. The van der Waals surface area contributed by atoms with E-state index in [-0.39, 0.29) is 0 Å². The number of rotatable bonds is 2. The predicted molar refractivity (Wildman–Crippen MR) is 67.0 cm³/mol. The van der Waals surface area contributed by atoms with Crippen molar-refractivity contribution in [3.8, 4) is 0 Å². The fraction of sp³-hybridized carbons (Fsp3) is 1.00. The Morgan fingerprint density at radius 3 is 2.31 bits per heavy atom. The molecule has 3 nitrogen and oxygen atoms in total. The van der Waals surface area contributed by atoms with Crippen LogP contribution in [-0.4, -0.2) is 52.3 Å². The normalized spacial score (nSPS) is 48.1. The molecule has 4 aliphatic heterocycles. The van der Waals surface area contributed by atoms with Gasteiger partial charge in [-0.2, -0.15) is 0 Å². The van der Waals surface area contributed by atoms with E-state index in [1.54, 1.807) is 0 Å². The van der Waals surface area contributed by atoms with E-state index in [2.05, 4.69) is 10.2 Å². The van der Waals surface area contributed by atoms with E-state index in [0.717, 1.165) is 36.3 Å². The van der Waals surface area contributed by atoms with Gasteiger partial charge in [-0.25, -0.2) is 0 Å². The Labute approximate surface area is 100 Å². The van der Waals surface area contributed by atoms with E-state index < -0.39 is 10.8 Å². The molecule has 0 aromatic carbocycles. The van der Waals surface area contributed by atoms with Gasteiger partial charge in [0.05, 0.1) is 0 Å². The average Bonchev–Trinajstić information content (AvgIpc) is 2.34. The van der Waals surface area contributed by atoms with Crippen LogP contribution in [0.2, 0.25) is 0 Å². The molecule has 4 fully saturated rings. The first-order chi connectivity index (χ1) is 7.81. The summed E-state index contributed by atoms with van der Waals surface area (Å²) in [4.78, 5) is 2.60. The van der Waals surface area contributed by atoms with Crippen LogP contribution < -0.4 is 5.32 Å². The van der Waals surface area contributed by atoms with Crippen LogP contribution in [0, 0.1) is 5.92 Å². The Morgan fingerprint density at radius 1 is 1.06 bits per heavy atom. The first-order valence-corrected chi connectivity index (χ1v) is 8.13. The van der Waals surface area contributed by atoms with Crippen molar-refractivity contribution in [2.45, 2.75) is 37.8 Å². The molecule has 4 heteroatoms. The Bertz CT molecular complexity index is 266. The van der Waals surface area contributed by atoms with Crippen LogP contribution in [0.25, 0.3) is 0 Å². The van der Waals surface area contributed by atoms with E-state index in [9.17, 15) is 4.21 Å². The SMILES string of the molecule is O=S1CCC(NC2CN3CCC2CC3)CC1. The number of fused-ring (bicyclic) bond motifs is 3. The highest BCUT2D eigenvalue weighted by Crippen LogP contribution is 2.28. The maximum Gasteiger partial charge on any atom is 0.0249 e. The summed E-state index contributed by atoms with van der Waals surface area (Å²) >= 11 is 0. The van der Waals surface area contributed by atoms with E-state index in [1.165, 1.54) is 32.5 Å². The Kier molecular flexibility index (Phi) is 3.32. The summed E-state index contributed by atoms with van der Waals surface area (Å²) in [6.07, 6.45) is 5.01. The largest absolute Gasteiger partial charge is 0.310 e. The smallest absolute Gasteiger partial charge is 0.0249 e. The molecule has 0 saturated carbocycles. The summed E-state index contributed by atoms with van der Waals surface area (Å²) in [6, 6.07) is 1.36. The van der Waals surface area contributed by atoms with Crippen molar-refractivity contribution in [3.63, 3.8) is 0 Å². The second kappa shape index (κ2) is 4.75. The first kappa shape index (κ1) is 11.2. The molecule has 1 N–H and O–H groups in total. The van der Waals surface area contributed by atoms with Crippen LogP contribution >= 0.6 is 0 Å². The van der Waals surface area contributed by atoms with E-state index in [1.807, 2.05) is 0 Å². The number of hydrogen-bond acceptors (Lipinski definition) is 3. The van der Waals surface area contributed by atoms with Gasteiger partial charge in [-0.3, -0.25) is 4.21 Å². The molecule has 0 aliphatic carbocycles. The fourth-order valence-corrected chi connectivity index (χ4v) is 4.72. The Balaban J connectivity index is 1.53.